The van der Waals surface area contributed by atoms with Crippen molar-refractivity contribution in [2.75, 3.05) is 0 Å². The maximum atomic E-state index is 9.56. The van der Waals surface area contributed by atoms with Crippen LogP contribution in [0.5, 0.6) is 46.0 Å². The number of rotatable bonds is 12. The molecule has 0 spiro atoms. The Morgan fingerprint density at radius 3 is 1.29 bits per heavy atom. The molecule has 0 radical (unpaired) electrons. The third kappa shape index (κ3) is 9.31. The lowest BCUT2D eigenvalue weighted by atomic mass is 10.1. The molecule has 0 N–H and O–H groups in total. The van der Waals surface area contributed by atoms with E-state index in [1.165, 1.54) is 30.3 Å². The van der Waals surface area contributed by atoms with Crippen LogP contribution in [0, 0.1) is 68.0 Å². The van der Waals surface area contributed by atoms with Crippen LogP contribution < -0.4 is 28.2 Å². The van der Waals surface area contributed by atoms with E-state index in [1.807, 2.05) is 36.4 Å². The summed E-state index contributed by atoms with van der Waals surface area (Å²) >= 11 is 0. The third-order valence-electron chi connectivity index (χ3n) is 7.76. The standard InChI is InChI=1S/C43H23BN6O6/c45-23-29-5-1-6-35(17-32(29)26-48)51-36-7-2-10-41(20-36)54-44(55-42-11-3-8-37(21-42)52-39-15-13-30(24-46)33(18-39)27-49)56-43-12-4-9-38(22-43)53-40-16-14-31(25-47)34(19-40)28-50/h1-4,6-22H,5H2. The summed E-state index contributed by atoms with van der Waals surface area (Å²) in [6.45, 7) is 0. The highest BCUT2D eigenvalue weighted by Crippen LogP contribution is 2.31. The smallest absolute Gasteiger partial charge is 0.489 e. The lowest BCUT2D eigenvalue weighted by Crippen LogP contribution is -2.37. The average molecular weight is 731 g/mol. The fourth-order valence-electron chi connectivity index (χ4n) is 5.15. The number of allylic oxidation sites excluding steroid dienone is 5. The predicted octanol–water partition coefficient (Wildman–Crippen LogP) is 8.85. The molecule has 5 aromatic carbocycles. The second-order valence-corrected chi connectivity index (χ2v) is 11.5. The van der Waals surface area contributed by atoms with Gasteiger partial charge in [0, 0.05) is 24.6 Å². The van der Waals surface area contributed by atoms with Crippen LogP contribution in [-0.4, -0.2) is 7.32 Å². The van der Waals surface area contributed by atoms with Crippen molar-refractivity contribution >= 4 is 7.32 Å². The Balaban J connectivity index is 1.26. The second-order valence-electron chi connectivity index (χ2n) is 11.5. The first-order chi connectivity index (χ1) is 27.4. The summed E-state index contributed by atoms with van der Waals surface area (Å²) in [5, 5.41) is 56.4. The lowest BCUT2D eigenvalue weighted by Gasteiger charge is -2.18. The average Bonchev–Trinajstić information content (AvgIpc) is 3.42. The molecule has 0 unspecified atom stereocenters. The van der Waals surface area contributed by atoms with Crippen molar-refractivity contribution in [3.05, 3.63) is 167 Å². The van der Waals surface area contributed by atoms with Crippen molar-refractivity contribution < 1.29 is 28.2 Å². The van der Waals surface area contributed by atoms with Gasteiger partial charge in [-0.05, 0) is 84.9 Å². The highest BCUT2D eigenvalue weighted by Gasteiger charge is 2.31. The molecule has 12 nitrogen and oxygen atoms in total. The third-order valence-corrected chi connectivity index (χ3v) is 7.76. The van der Waals surface area contributed by atoms with E-state index in [9.17, 15) is 31.6 Å². The van der Waals surface area contributed by atoms with E-state index in [0.717, 1.165) is 0 Å². The van der Waals surface area contributed by atoms with E-state index < -0.39 is 7.32 Å². The fraction of sp³-hybridized carbons (Fsp3) is 0.0233. The first-order valence-corrected chi connectivity index (χ1v) is 16.5. The normalized spacial score (nSPS) is 11.4. The zero-order chi connectivity index (χ0) is 39.3. The molecule has 0 saturated carbocycles. The molecule has 0 heterocycles. The maximum Gasteiger partial charge on any atom is 0.864 e. The van der Waals surface area contributed by atoms with Crippen LogP contribution in [0.1, 0.15) is 28.7 Å². The van der Waals surface area contributed by atoms with Gasteiger partial charge in [0.25, 0.3) is 0 Å². The van der Waals surface area contributed by atoms with E-state index in [2.05, 4.69) is 0 Å². The molecular formula is C43H23BN6O6. The van der Waals surface area contributed by atoms with Crippen molar-refractivity contribution in [3.8, 4) is 82.4 Å². The van der Waals surface area contributed by atoms with E-state index >= 15 is 0 Å². The van der Waals surface area contributed by atoms with Gasteiger partial charge in [-0.1, -0.05) is 24.3 Å². The summed E-state index contributed by atoms with van der Waals surface area (Å²) < 4.78 is 36.5. The van der Waals surface area contributed by atoms with Gasteiger partial charge in [0.05, 0.1) is 39.5 Å². The van der Waals surface area contributed by atoms with E-state index in [4.69, 9.17) is 28.2 Å². The molecule has 0 aliphatic heterocycles. The molecule has 0 amide bonds. The van der Waals surface area contributed by atoms with Crippen LogP contribution in [0.2, 0.25) is 0 Å². The Morgan fingerprint density at radius 1 is 0.429 bits per heavy atom. The zero-order valence-corrected chi connectivity index (χ0v) is 29.0. The van der Waals surface area contributed by atoms with Crippen molar-refractivity contribution in [3.63, 3.8) is 0 Å². The minimum Gasteiger partial charge on any atom is -0.489 e. The molecule has 0 aromatic heterocycles. The van der Waals surface area contributed by atoms with Crippen LogP contribution >= 0.6 is 0 Å². The summed E-state index contributed by atoms with van der Waals surface area (Å²) in [6.07, 6.45) is 5.19. The molecule has 13 heteroatoms. The van der Waals surface area contributed by atoms with Crippen molar-refractivity contribution in [2.45, 2.75) is 6.42 Å². The van der Waals surface area contributed by atoms with Crippen molar-refractivity contribution in [1.82, 2.24) is 0 Å². The van der Waals surface area contributed by atoms with E-state index in [-0.39, 0.29) is 45.1 Å². The first-order valence-electron chi connectivity index (χ1n) is 16.5. The summed E-state index contributed by atoms with van der Waals surface area (Å²) in [5.41, 5.74) is 1.31. The number of nitriles is 6. The van der Waals surface area contributed by atoms with Crippen LogP contribution in [0.3, 0.4) is 0 Å². The number of ether oxygens (including phenoxy) is 3. The molecule has 0 atom stereocenters. The van der Waals surface area contributed by atoms with Gasteiger partial charge in [0.1, 0.15) is 82.1 Å². The monoisotopic (exact) mass is 730 g/mol. The molecular weight excluding hydrogens is 707 g/mol. The number of benzene rings is 5. The molecule has 0 bridgehead atoms. The Labute approximate surface area is 321 Å². The minimum atomic E-state index is -1.42. The predicted molar refractivity (Wildman–Crippen MR) is 200 cm³/mol. The topological polar surface area (TPSA) is 198 Å². The summed E-state index contributed by atoms with van der Waals surface area (Å²) in [7, 11) is -1.42. The van der Waals surface area contributed by atoms with Crippen molar-refractivity contribution in [1.29, 1.82) is 31.6 Å². The van der Waals surface area contributed by atoms with Gasteiger partial charge in [0.2, 0.25) is 0 Å². The Morgan fingerprint density at radius 2 is 0.857 bits per heavy atom. The van der Waals surface area contributed by atoms with Gasteiger partial charge in [-0.2, -0.15) is 31.6 Å². The number of hydrogen-bond acceptors (Lipinski definition) is 12. The zero-order valence-electron chi connectivity index (χ0n) is 29.0. The summed E-state index contributed by atoms with van der Waals surface area (Å²) in [5.74, 6) is 2.92. The molecule has 264 valence electrons. The van der Waals surface area contributed by atoms with Gasteiger partial charge in [-0.25, -0.2) is 0 Å². The van der Waals surface area contributed by atoms with Crippen LogP contribution in [-0.2, 0) is 0 Å². The molecule has 1 aliphatic carbocycles. The fourth-order valence-corrected chi connectivity index (χ4v) is 5.15. The molecule has 1 aliphatic rings. The van der Waals surface area contributed by atoms with Gasteiger partial charge in [-0.15, -0.1) is 0 Å². The summed E-state index contributed by atoms with van der Waals surface area (Å²) in [6, 6.07) is 40.9. The largest absolute Gasteiger partial charge is 0.864 e. The van der Waals surface area contributed by atoms with Gasteiger partial charge in [0.15, 0.2) is 0 Å². The Bertz CT molecular complexity index is 2560. The van der Waals surface area contributed by atoms with E-state index in [0.29, 0.717) is 46.5 Å². The van der Waals surface area contributed by atoms with Gasteiger partial charge < -0.3 is 28.2 Å². The molecule has 5 aromatic rings. The van der Waals surface area contributed by atoms with Gasteiger partial charge in [-0.3, -0.25) is 0 Å². The summed E-state index contributed by atoms with van der Waals surface area (Å²) in [4.78, 5) is 0. The van der Waals surface area contributed by atoms with Crippen LogP contribution in [0.15, 0.2) is 144 Å². The highest BCUT2D eigenvalue weighted by atomic mass is 16.7. The Hall–Kier alpha value is -8.88. The molecule has 0 fully saturated rings. The van der Waals surface area contributed by atoms with Crippen LogP contribution in [0.4, 0.5) is 0 Å². The molecule has 0 saturated heterocycles. The van der Waals surface area contributed by atoms with Gasteiger partial charge >= 0.3 is 7.32 Å². The first kappa shape index (κ1) is 36.9. The number of hydrogen-bond donors (Lipinski definition) is 0. The highest BCUT2D eigenvalue weighted by molar-refractivity contribution is 6.39. The molecule has 6 rings (SSSR count). The second kappa shape index (κ2) is 17.6. The maximum absolute atomic E-state index is 9.56. The number of nitrogens with zero attached hydrogens (tertiary/aromatic N) is 6. The SMILES string of the molecule is N#CC1=C(C#N)CC=CC(Oc2cccc(OB(Oc3cccc(Oc4ccc(C#N)c(C#N)c4)c3)Oc3cccc(Oc4ccc(C#N)c(C#N)c4)c3)c2)=C1. The lowest BCUT2D eigenvalue weighted by molar-refractivity contribution is 0.305. The van der Waals surface area contributed by atoms with E-state index in [1.54, 1.807) is 97.1 Å². The van der Waals surface area contributed by atoms with Crippen molar-refractivity contribution in [2.24, 2.45) is 0 Å². The molecule has 56 heavy (non-hydrogen) atoms. The van der Waals surface area contributed by atoms with Crippen LogP contribution in [0.25, 0.3) is 0 Å². The Kier molecular flexibility index (Phi) is 11.6. The quantitative estimate of drug-likeness (QED) is 0.111. The minimum absolute atomic E-state index is 0.168.